The first-order valence-corrected chi connectivity index (χ1v) is 8.51. The summed E-state index contributed by atoms with van der Waals surface area (Å²) in [6.45, 7) is 1.44. The molecule has 2 aliphatic rings. The standard InChI is InChI=1S/C19H20ClN2O.BrH/c20-16-9-11-17(12-10-16)21-14-19(23,15-6-2-1-3-7-15)22-13-5-4-8-18(21)22;/h1-3,6-7,9-12,23H,4-5,8,13-14H2;1H/q+1;/p-1. The molecule has 2 heterocycles. The molecule has 2 aromatic rings. The van der Waals surface area contributed by atoms with Gasteiger partial charge in [-0.3, -0.25) is 0 Å². The van der Waals surface area contributed by atoms with E-state index in [-0.39, 0.29) is 17.0 Å². The molecule has 126 valence electrons. The number of nitrogens with zero attached hydrogens (tertiary/aromatic N) is 2. The molecule has 0 aromatic heterocycles. The van der Waals surface area contributed by atoms with E-state index in [1.165, 1.54) is 12.3 Å². The fraction of sp³-hybridized carbons (Fsp3) is 0.316. The Balaban J connectivity index is 0.00000169. The van der Waals surface area contributed by atoms with Crippen LogP contribution in [0.5, 0.6) is 0 Å². The maximum atomic E-state index is 11.5. The van der Waals surface area contributed by atoms with E-state index in [1.807, 2.05) is 54.6 Å². The van der Waals surface area contributed by atoms with E-state index >= 15 is 0 Å². The Bertz CT molecular complexity index is 748. The number of rotatable bonds is 2. The SMILES string of the molecule is OC1(c2ccccc2)CN(c2ccc(Cl)cc2)C2=[N+]1CCCC2.[Br-]. The molecule has 0 spiro atoms. The molecule has 0 saturated heterocycles. The van der Waals surface area contributed by atoms with Crippen molar-refractivity contribution in [3.05, 3.63) is 65.2 Å². The molecule has 0 fully saturated rings. The molecule has 5 heteroatoms. The average molecular weight is 408 g/mol. The summed E-state index contributed by atoms with van der Waals surface area (Å²) < 4.78 is 2.18. The Kier molecular flexibility index (Phi) is 5.00. The highest BCUT2D eigenvalue weighted by atomic mass is 79.9. The van der Waals surface area contributed by atoms with E-state index in [2.05, 4.69) is 9.48 Å². The van der Waals surface area contributed by atoms with Gasteiger partial charge in [0.05, 0.1) is 6.54 Å². The van der Waals surface area contributed by atoms with Gasteiger partial charge in [-0.2, -0.15) is 0 Å². The smallest absolute Gasteiger partial charge is 0.271 e. The predicted octanol–water partition coefficient (Wildman–Crippen LogP) is 0.604. The van der Waals surface area contributed by atoms with Crippen molar-refractivity contribution >= 4 is 23.1 Å². The molecule has 0 aliphatic carbocycles. The zero-order valence-corrected chi connectivity index (χ0v) is 15.7. The van der Waals surface area contributed by atoms with Crippen LogP contribution in [0.4, 0.5) is 5.69 Å². The molecule has 4 rings (SSSR count). The third kappa shape index (κ3) is 2.87. The number of hydrogen-bond acceptors (Lipinski definition) is 2. The summed E-state index contributed by atoms with van der Waals surface area (Å²) in [6.07, 6.45) is 3.28. The molecule has 1 N–H and O–H groups in total. The predicted molar refractivity (Wildman–Crippen MR) is 93.1 cm³/mol. The summed E-state index contributed by atoms with van der Waals surface area (Å²) in [5, 5.41) is 12.2. The molecule has 0 saturated carbocycles. The summed E-state index contributed by atoms with van der Waals surface area (Å²) in [4.78, 5) is 2.24. The number of β-amino-alcohol motifs (C(OH)–C–C–N with tert-alkyl or cyclic N) is 1. The highest BCUT2D eigenvalue weighted by molar-refractivity contribution is 6.30. The van der Waals surface area contributed by atoms with Crippen LogP contribution in [-0.2, 0) is 5.72 Å². The van der Waals surface area contributed by atoms with Crippen molar-refractivity contribution in [3.63, 3.8) is 0 Å². The lowest BCUT2D eigenvalue weighted by Gasteiger charge is -2.24. The van der Waals surface area contributed by atoms with Crippen LogP contribution in [0.3, 0.4) is 0 Å². The van der Waals surface area contributed by atoms with Gasteiger partial charge in [0.2, 0.25) is 0 Å². The Morgan fingerprint density at radius 2 is 1.71 bits per heavy atom. The second kappa shape index (κ2) is 6.87. The monoisotopic (exact) mass is 406 g/mol. The van der Waals surface area contributed by atoms with Crippen LogP contribution in [0.2, 0.25) is 5.02 Å². The summed E-state index contributed by atoms with van der Waals surface area (Å²) in [7, 11) is 0. The Labute approximate surface area is 158 Å². The average Bonchev–Trinajstić information content (AvgIpc) is 2.91. The number of hydrogen-bond donors (Lipinski definition) is 1. The number of benzene rings is 2. The zero-order chi connectivity index (χ0) is 15.9. The van der Waals surface area contributed by atoms with Crippen molar-refractivity contribution < 1.29 is 26.7 Å². The second-order valence-electron chi connectivity index (χ2n) is 6.27. The summed E-state index contributed by atoms with van der Waals surface area (Å²) >= 11 is 6.02. The fourth-order valence-corrected chi connectivity index (χ4v) is 3.83. The van der Waals surface area contributed by atoms with E-state index < -0.39 is 5.72 Å². The van der Waals surface area contributed by atoms with Crippen LogP contribution in [0.1, 0.15) is 24.8 Å². The van der Waals surface area contributed by atoms with Gasteiger partial charge in [-0.25, -0.2) is 9.48 Å². The first-order valence-electron chi connectivity index (χ1n) is 8.13. The molecule has 0 amide bonds. The van der Waals surface area contributed by atoms with Crippen LogP contribution in [0.25, 0.3) is 0 Å². The molecule has 2 aliphatic heterocycles. The molecule has 24 heavy (non-hydrogen) atoms. The van der Waals surface area contributed by atoms with Gasteiger partial charge in [0.25, 0.3) is 11.6 Å². The summed E-state index contributed by atoms with van der Waals surface area (Å²) in [5.74, 6) is 1.21. The molecule has 0 radical (unpaired) electrons. The van der Waals surface area contributed by atoms with Crippen LogP contribution in [-0.4, -0.2) is 28.6 Å². The third-order valence-electron chi connectivity index (χ3n) is 4.85. The van der Waals surface area contributed by atoms with Crippen molar-refractivity contribution in [2.24, 2.45) is 0 Å². The molecule has 1 atom stereocenters. The van der Waals surface area contributed by atoms with Gasteiger partial charge in [0.15, 0.2) is 6.54 Å². The number of anilines is 1. The van der Waals surface area contributed by atoms with Crippen LogP contribution >= 0.6 is 11.6 Å². The lowest BCUT2D eigenvalue weighted by atomic mass is 10.0. The first-order chi connectivity index (χ1) is 11.2. The minimum absolute atomic E-state index is 0. The van der Waals surface area contributed by atoms with E-state index in [4.69, 9.17) is 11.6 Å². The molecular weight excluding hydrogens is 388 g/mol. The Hall–Kier alpha value is -1.36. The lowest BCUT2D eigenvalue weighted by molar-refractivity contribution is -0.661. The van der Waals surface area contributed by atoms with Gasteiger partial charge in [0, 0.05) is 17.0 Å². The Morgan fingerprint density at radius 1 is 1.00 bits per heavy atom. The van der Waals surface area contributed by atoms with Gasteiger partial charge in [-0.1, -0.05) is 41.9 Å². The van der Waals surface area contributed by atoms with Crippen molar-refractivity contribution in [1.82, 2.24) is 0 Å². The highest BCUT2D eigenvalue weighted by Gasteiger charge is 2.52. The van der Waals surface area contributed by atoms with Crippen molar-refractivity contribution in [2.75, 3.05) is 18.0 Å². The fourth-order valence-electron chi connectivity index (χ4n) is 3.71. The third-order valence-corrected chi connectivity index (χ3v) is 5.11. The van der Waals surface area contributed by atoms with Crippen LogP contribution < -0.4 is 21.9 Å². The van der Waals surface area contributed by atoms with Gasteiger partial charge in [-0.15, -0.1) is 0 Å². The summed E-state index contributed by atoms with van der Waals surface area (Å²) in [5.41, 5.74) is 1.08. The number of amidine groups is 1. The maximum absolute atomic E-state index is 11.5. The van der Waals surface area contributed by atoms with Gasteiger partial charge < -0.3 is 22.1 Å². The van der Waals surface area contributed by atoms with Gasteiger partial charge in [-0.05, 0) is 37.1 Å². The molecule has 1 unspecified atom stereocenters. The maximum Gasteiger partial charge on any atom is 0.271 e. The second-order valence-corrected chi connectivity index (χ2v) is 6.71. The van der Waals surface area contributed by atoms with Gasteiger partial charge >= 0.3 is 0 Å². The normalized spacial score (nSPS) is 23.0. The van der Waals surface area contributed by atoms with Gasteiger partial charge in [0.1, 0.15) is 5.69 Å². The van der Waals surface area contributed by atoms with E-state index in [9.17, 15) is 5.11 Å². The Morgan fingerprint density at radius 3 is 2.42 bits per heavy atom. The first kappa shape index (κ1) is 17.5. The van der Waals surface area contributed by atoms with Crippen molar-refractivity contribution in [2.45, 2.75) is 25.0 Å². The van der Waals surface area contributed by atoms with E-state index in [0.717, 1.165) is 35.7 Å². The number of halogens is 2. The molecule has 3 nitrogen and oxygen atoms in total. The van der Waals surface area contributed by atoms with Crippen molar-refractivity contribution in [1.29, 1.82) is 0 Å². The summed E-state index contributed by atoms with van der Waals surface area (Å²) in [6, 6.07) is 17.9. The number of aliphatic hydroxyl groups is 1. The zero-order valence-electron chi connectivity index (χ0n) is 13.3. The van der Waals surface area contributed by atoms with Crippen LogP contribution in [0, 0.1) is 0 Å². The van der Waals surface area contributed by atoms with Crippen molar-refractivity contribution in [3.8, 4) is 0 Å². The van der Waals surface area contributed by atoms with E-state index in [0.29, 0.717) is 6.54 Å². The quantitative estimate of drug-likeness (QED) is 0.738. The van der Waals surface area contributed by atoms with Crippen LogP contribution in [0.15, 0.2) is 54.6 Å². The van der Waals surface area contributed by atoms with E-state index in [1.54, 1.807) is 0 Å². The topological polar surface area (TPSA) is 26.5 Å². The highest BCUT2D eigenvalue weighted by Crippen LogP contribution is 2.35. The minimum atomic E-state index is -0.962. The lowest BCUT2D eigenvalue weighted by Crippen LogP contribution is -3.00. The largest absolute Gasteiger partial charge is 1.00 e. The molecule has 2 aromatic carbocycles. The molecule has 0 bridgehead atoms. The molecular formula is C19H20BrClN2O. The minimum Gasteiger partial charge on any atom is -1.00 e.